The summed E-state index contributed by atoms with van der Waals surface area (Å²) in [5.74, 6) is 0.939. The van der Waals surface area contributed by atoms with Crippen molar-refractivity contribution >= 4 is 5.69 Å². The molecule has 0 saturated heterocycles. The molecule has 0 radical (unpaired) electrons. The fourth-order valence-corrected chi connectivity index (χ4v) is 2.38. The lowest BCUT2D eigenvalue weighted by molar-refractivity contribution is 0.694. The van der Waals surface area contributed by atoms with Gasteiger partial charge < -0.3 is 10.6 Å². The van der Waals surface area contributed by atoms with Gasteiger partial charge in [0.25, 0.3) is 0 Å². The standard InChI is InChI=1S/C16H26N2/c1-3-11-18(12-13-5-6-13)15-9-7-14(8-10-15)16(17)4-2/h7-10,13,16H,3-6,11-12,17H2,1-2H3/t16-/m1/s1. The minimum Gasteiger partial charge on any atom is -0.371 e. The summed E-state index contributed by atoms with van der Waals surface area (Å²) in [6.07, 6.45) is 5.04. The molecule has 1 aromatic carbocycles. The summed E-state index contributed by atoms with van der Waals surface area (Å²) < 4.78 is 0. The minimum absolute atomic E-state index is 0.183. The molecule has 0 aliphatic heterocycles. The van der Waals surface area contributed by atoms with Crippen molar-refractivity contribution in [3.8, 4) is 0 Å². The van der Waals surface area contributed by atoms with Gasteiger partial charge in [-0.15, -0.1) is 0 Å². The molecule has 2 nitrogen and oxygen atoms in total. The van der Waals surface area contributed by atoms with Crippen LogP contribution in [-0.4, -0.2) is 13.1 Å². The second-order valence-electron chi connectivity index (χ2n) is 5.50. The smallest absolute Gasteiger partial charge is 0.0366 e. The summed E-state index contributed by atoms with van der Waals surface area (Å²) in [6, 6.07) is 9.05. The van der Waals surface area contributed by atoms with Gasteiger partial charge in [-0.3, -0.25) is 0 Å². The van der Waals surface area contributed by atoms with Crippen molar-refractivity contribution in [1.29, 1.82) is 0 Å². The lowest BCUT2D eigenvalue weighted by atomic mass is 10.0. The quantitative estimate of drug-likeness (QED) is 0.794. The molecular weight excluding hydrogens is 220 g/mol. The second-order valence-corrected chi connectivity index (χ2v) is 5.50. The van der Waals surface area contributed by atoms with Crippen LogP contribution in [0.3, 0.4) is 0 Å². The fraction of sp³-hybridized carbons (Fsp3) is 0.625. The van der Waals surface area contributed by atoms with Crippen molar-refractivity contribution in [1.82, 2.24) is 0 Å². The first-order chi connectivity index (χ1) is 8.74. The average Bonchev–Trinajstić information content (AvgIpc) is 3.21. The summed E-state index contributed by atoms with van der Waals surface area (Å²) in [6.45, 7) is 6.78. The molecule has 100 valence electrons. The van der Waals surface area contributed by atoms with Crippen molar-refractivity contribution in [2.24, 2.45) is 11.7 Å². The van der Waals surface area contributed by atoms with E-state index in [1.54, 1.807) is 0 Å². The molecule has 18 heavy (non-hydrogen) atoms. The molecule has 0 unspecified atom stereocenters. The molecular formula is C16H26N2. The highest BCUT2D eigenvalue weighted by Crippen LogP contribution is 2.31. The lowest BCUT2D eigenvalue weighted by Crippen LogP contribution is -2.26. The Kier molecular flexibility index (Phi) is 4.65. The van der Waals surface area contributed by atoms with Gasteiger partial charge >= 0.3 is 0 Å². The van der Waals surface area contributed by atoms with Crippen LogP contribution in [-0.2, 0) is 0 Å². The van der Waals surface area contributed by atoms with Crippen LogP contribution in [0.15, 0.2) is 24.3 Å². The maximum atomic E-state index is 6.06. The molecule has 1 fully saturated rings. The number of rotatable bonds is 7. The molecule has 1 aliphatic carbocycles. The van der Waals surface area contributed by atoms with E-state index in [2.05, 4.69) is 43.0 Å². The first kappa shape index (κ1) is 13.4. The van der Waals surface area contributed by atoms with Crippen LogP contribution in [0.5, 0.6) is 0 Å². The lowest BCUT2D eigenvalue weighted by Gasteiger charge is -2.25. The van der Waals surface area contributed by atoms with Gasteiger partial charge in [0.05, 0.1) is 0 Å². The molecule has 1 atom stereocenters. The van der Waals surface area contributed by atoms with Gasteiger partial charge in [0.1, 0.15) is 0 Å². The SMILES string of the molecule is CCCN(CC1CC1)c1ccc([C@H](N)CC)cc1. The zero-order valence-electron chi connectivity index (χ0n) is 11.7. The molecule has 0 amide bonds. The zero-order valence-corrected chi connectivity index (χ0v) is 11.7. The van der Waals surface area contributed by atoms with Crippen LogP contribution >= 0.6 is 0 Å². The number of nitrogens with zero attached hydrogens (tertiary/aromatic N) is 1. The summed E-state index contributed by atoms with van der Waals surface area (Å²) in [4.78, 5) is 2.53. The highest BCUT2D eigenvalue weighted by Gasteiger charge is 2.24. The maximum Gasteiger partial charge on any atom is 0.0366 e. The van der Waals surface area contributed by atoms with E-state index in [-0.39, 0.29) is 6.04 Å². The molecule has 2 rings (SSSR count). The van der Waals surface area contributed by atoms with Gasteiger partial charge in [0.15, 0.2) is 0 Å². The topological polar surface area (TPSA) is 29.3 Å². The van der Waals surface area contributed by atoms with E-state index >= 15 is 0 Å². The first-order valence-electron chi connectivity index (χ1n) is 7.35. The van der Waals surface area contributed by atoms with E-state index in [1.807, 2.05) is 0 Å². The van der Waals surface area contributed by atoms with Crippen molar-refractivity contribution in [2.75, 3.05) is 18.0 Å². The van der Waals surface area contributed by atoms with Crippen molar-refractivity contribution < 1.29 is 0 Å². The highest BCUT2D eigenvalue weighted by atomic mass is 15.1. The molecule has 0 bridgehead atoms. The van der Waals surface area contributed by atoms with Crippen LogP contribution in [0.2, 0.25) is 0 Å². The number of benzene rings is 1. The largest absolute Gasteiger partial charge is 0.371 e. The Morgan fingerprint density at radius 1 is 1.22 bits per heavy atom. The van der Waals surface area contributed by atoms with E-state index < -0.39 is 0 Å². The molecule has 0 heterocycles. The number of anilines is 1. The Balaban J connectivity index is 2.04. The Morgan fingerprint density at radius 2 is 1.89 bits per heavy atom. The third-order valence-corrected chi connectivity index (χ3v) is 3.80. The monoisotopic (exact) mass is 246 g/mol. The van der Waals surface area contributed by atoms with Gasteiger partial charge in [-0.05, 0) is 49.3 Å². The zero-order chi connectivity index (χ0) is 13.0. The van der Waals surface area contributed by atoms with Crippen LogP contribution < -0.4 is 10.6 Å². The van der Waals surface area contributed by atoms with Gasteiger partial charge in [-0.1, -0.05) is 26.0 Å². The maximum absolute atomic E-state index is 6.06. The van der Waals surface area contributed by atoms with Crippen LogP contribution in [0.1, 0.15) is 51.1 Å². The normalized spacial score (nSPS) is 16.6. The van der Waals surface area contributed by atoms with Gasteiger partial charge in [-0.25, -0.2) is 0 Å². The average molecular weight is 246 g/mol. The second kappa shape index (κ2) is 6.24. The summed E-state index contributed by atoms with van der Waals surface area (Å²) in [5, 5.41) is 0. The predicted octanol–water partition coefficient (Wildman–Crippen LogP) is 3.72. The van der Waals surface area contributed by atoms with Crippen LogP contribution in [0.4, 0.5) is 5.69 Å². The number of nitrogens with two attached hydrogens (primary N) is 1. The Bertz CT molecular complexity index is 354. The Morgan fingerprint density at radius 3 is 2.39 bits per heavy atom. The Hall–Kier alpha value is -1.02. The fourth-order valence-electron chi connectivity index (χ4n) is 2.38. The summed E-state index contributed by atoms with van der Waals surface area (Å²) in [7, 11) is 0. The third-order valence-electron chi connectivity index (χ3n) is 3.80. The van der Waals surface area contributed by atoms with Crippen molar-refractivity contribution in [2.45, 2.75) is 45.6 Å². The van der Waals surface area contributed by atoms with Crippen LogP contribution in [0.25, 0.3) is 0 Å². The van der Waals surface area contributed by atoms with E-state index in [0.29, 0.717) is 0 Å². The van der Waals surface area contributed by atoms with E-state index in [1.165, 1.54) is 37.1 Å². The van der Waals surface area contributed by atoms with Crippen molar-refractivity contribution in [3.63, 3.8) is 0 Å². The molecule has 1 aliphatic rings. The van der Waals surface area contributed by atoms with Crippen molar-refractivity contribution in [3.05, 3.63) is 29.8 Å². The summed E-state index contributed by atoms with van der Waals surface area (Å²) >= 11 is 0. The minimum atomic E-state index is 0.183. The predicted molar refractivity (Wildman–Crippen MR) is 78.9 cm³/mol. The van der Waals surface area contributed by atoms with E-state index in [4.69, 9.17) is 5.73 Å². The Labute approximate surface area is 111 Å². The molecule has 0 aromatic heterocycles. The number of hydrogen-bond donors (Lipinski definition) is 1. The molecule has 2 heteroatoms. The van der Waals surface area contributed by atoms with Crippen LogP contribution in [0, 0.1) is 5.92 Å². The van der Waals surface area contributed by atoms with E-state index in [0.717, 1.165) is 18.9 Å². The van der Waals surface area contributed by atoms with Gasteiger partial charge in [0.2, 0.25) is 0 Å². The van der Waals surface area contributed by atoms with E-state index in [9.17, 15) is 0 Å². The number of hydrogen-bond acceptors (Lipinski definition) is 2. The highest BCUT2D eigenvalue weighted by molar-refractivity contribution is 5.48. The first-order valence-corrected chi connectivity index (χ1v) is 7.35. The van der Waals surface area contributed by atoms with Gasteiger partial charge in [0, 0.05) is 24.8 Å². The molecule has 1 saturated carbocycles. The molecule has 2 N–H and O–H groups in total. The third kappa shape index (κ3) is 3.49. The van der Waals surface area contributed by atoms with Gasteiger partial charge in [-0.2, -0.15) is 0 Å². The molecule has 0 spiro atoms. The summed E-state index contributed by atoms with van der Waals surface area (Å²) in [5.41, 5.74) is 8.67. The molecule has 1 aromatic rings.